The summed E-state index contributed by atoms with van der Waals surface area (Å²) in [6.07, 6.45) is 0. The van der Waals surface area contributed by atoms with Gasteiger partial charge in [0.2, 0.25) is 0 Å². The first-order valence-corrected chi connectivity index (χ1v) is 9.27. The number of carbonyl (C=O) groups excluding carboxylic acids is 1. The molecule has 128 valence electrons. The van der Waals surface area contributed by atoms with Crippen LogP contribution in [0, 0.1) is 5.82 Å². The van der Waals surface area contributed by atoms with Crippen molar-refractivity contribution in [2.45, 2.75) is 11.8 Å². The molecule has 0 fully saturated rings. The zero-order chi connectivity index (χ0) is 17.7. The molecule has 0 aliphatic rings. The highest BCUT2D eigenvalue weighted by molar-refractivity contribution is 9.10. The van der Waals surface area contributed by atoms with Gasteiger partial charge in [0.15, 0.2) is 0 Å². The highest BCUT2D eigenvalue weighted by Gasteiger charge is 2.28. The smallest absolute Gasteiger partial charge is 0.326 e. The highest BCUT2D eigenvalue weighted by atomic mass is 79.9. The molecule has 0 atom stereocenters. The summed E-state index contributed by atoms with van der Waals surface area (Å²) in [6, 6.07) is 11.0. The topological polar surface area (TPSA) is 63.7 Å². The summed E-state index contributed by atoms with van der Waals surface area (Å²) in [7, 11) is -4.06. The number of nitrogens with zero attached hydrogens (tertiary/aromatic N) is 1. The first kappa shape index (κ1) is 18.4. The minimum Gasteiger partial charge on any atom is -0.465 e. The number of carbonyl (C=O) groups is 1. The van der Waals surface area contributed by atoms with Crippen LogP contribution in [0.5, 0.6) is 0 Å². The molecular formula is C16H15BrFNO4S. The third kappa shape index (κ3) is 4.33. The van der Waals surface area contributed by atoms with Crippen molar-refractivity contribution >= 4 is 37.6 Å². The molecule has 0 aliphatic carbocycles. The first-order chi connectivity index (χ1) is 11.3. The van der Waals surface area contributed by atoms with Crippen LogP contribution in [0.1, 0.15) is 6.92 Å². The monoisotopic (exact) mass is 415 g/mol. The maximum absolute atomic E-state index is 13.5. The molecule has 2 aromatic rings. The van der Waals surface area contributed by atoms with Crippen molar-refractivity contribution in [2.24, 2.45) is 0 Å². The Labute approximate surface area is 148 Å². The molecule has 0 bridgehead atoms. The average molecular weight is 416 g/mol. The Morgan fingerprint density at radius 1 is 1.21 bits per heavy atom. The van der Waals surface area contributed by atoms with Gasteiger partial charge in [-0.15, -0.1) is 0 Å². The standard InChI is InChI=1S/C16H15BrFNO4S/c1-2-23-16(20)11-19(14-5-3-4-13(18)10-14)24(21,22)15-8-6-12(17)7-9-15/h3-10H,2,11H2,1H3. The van der Waals surface area contributed by atoms with E-state index in [4.69, 9.17) is 4.74 Å². The van der Waals surface area contributed by atoms with Gasteiger partial charge < -0.3 is 4.74 Å². The summed E-state index contributed by atoms with van der Waals surface area (Å²) < 4.78 is 45.6. The SMILES string of the molecule is CCOC(=O)CN(c1cccc(F)c1)S(=O)(=O)c1ccc(Br)cc1. The largest absolute Gasteiger partial charge is 0.465 e. The van der Waals surface area contributed by atoms with E-state index in [9.17, 15) is 17.6 Å². The van der Waals surface area contributed by atoms with E-state index in [0.717, 1.165) is 10.4 Å². The molecule has 24 heavy (non-hydrogen) atoms. The molecule has 0 saturated heterocycles. The van der Waals surface area contributed by atoms with Crippen LogP contribution in [0.3, 0.4) is 0 Å². The molecule has 0 N–H and O–H groups in total. The zero-order valence-electron chi connectivity index (χ0n) is 12.8. The number of esters is 1. The molecule has 0 heterocycles. The van der Waals surface area contributed by atoms with Gasteiger partial charge in [-0.05, 0) is 49.4 Å². The second-order valence-electron chi connectivity index (χ2n) is 4.75. The van der Waals surface area contributed by atoms with Crippen molar-refractivity contribution in [3.8, 4) is 0 Å². The lowest BCUT2D eigenvalue weighted by Crippen LogP contribution is -2.36. The Morgan fingerprint density at radius 3 is 2.46 bits per heavy atom. The normalized spacial score (nSPS) is 11.1. The number of sulfonamides is 1. The van der Waals surface area contributed by atoms with Crippen LogP contribution in [0.2, 0.25) is 0 Å². The van der Waals surface area contributed by atoms with Crippen molar-refractivity contribution in [1.29, 1.82) is 0 Å². The van der Waals surface area contributed by atoms with Gasteiger partial charge in [0, 0.05) is 4.47 Å². The quantitative estimate of drug-likeness (QED) is 0.678. The van der Waals surface area contributed by atoms with Crippen molar-refractivity contribution < 1.29 is 22.3 Å². The second-order valence-corrected chi connectivity index (χ2v) is 7.53. The number of halogens is 2. The lowest BCUT2D eigenvalue weighted by atomic mass is 10.3. The van der Waals surface area contributed by atoms with Gasteiger partial charge in [-0.2, -0.15) is 0 Å². The maximum Gasteiger partial charge on any atom is 0.326 e. The Morgan fingerprint density at radius 2 is 1.88 bits per heavy atom. The minimum absolute atomic E-state index is 0.0146. The molecule has 8 heteroatoms. The summed E-state index contributed by atoms with van der Waals surface area (Å²) in [5.74, 6) is -1.32. The predicted molar refractivity (Wildman–Crippen MR) is 91.7 cm³/mol. The number of benzene rings is 2. The summed E-state index contributed by atoms with van der Waals surface area (Å²) in [5.41, 5.74) is 0.0472. The van der Waals surface area contributed by atoms with Crippen LogP contribution < -0.4 is 4.31 Å². The van der Waals surface area contributed by atoms with E-state index in [-0.39, 0.29) is 17.2 Å². The van der Waals surface area contributed by atoms with Gasteiger partial charge in [-0.3, -0.25) is 9.10 Å². The summed E-state index contributed by atoms with van der Waals surface area (Å²) >= 11 is 3.23. The van der Waals surface area contributed by atoms with Crippen molar-refractivity contribution in [3.63, 3.8) is 0 Å². The molecule has 0 unspecified atom stereocenters. The van der Waals surface area contributed by atoms with Crippen molar-refractivity contribution in [2.75, 3.05) is 17.5 Å². The predicted octanol–water partition coefficient (Wildman–Crippen LogP) is 3.35. The van der Waals surface area contributed by atoms with Gasteiger partial charge in [-0.1, -0.05) is 22.0 Å². The van der Waals surface area contributed by atoms with Crippen LogP contribution >= 0.6 is 15.9 Å². The first-order valence-electron chi connectivity index (χ1n) is 7.04. The van der Waals surface area contributed by atoms with Crippen molar-refractivity contribution in [1.82, 2.24) is 0 Å². The van der Waals surface area contributed by atoms with Crippen LogP contribution in [-0.2, 0) is 19.6 Å². The molecule has 0 spiro atoms. The molecule has 2 rings (SSSR count). The summed E-state index contributed by atoms with van der Waals surface area (Å²) in [4.78, 5) is 11.8. The number of anilines is 1. The van der Waals surface area contributed by atoms with Gasteiger partial charge in [0.1, 0.15) is 12.4 Å². The van der Waals surface area contributed by atoms with Gasteiger partial charge in [0.25, 0.3) is 10.0 Å². The van der Waals surface area contributed by atoms with E-state index in [0.29, 0.717) is 4.47 Å². The van der Waals surface area contributed by atoms with Crippen LogP contribution in [0.15, 0.2) is 57.9 Å². The number of hydrogen-bond acceptors (Lipinski definition) is 4. The molecule has 0 aliphatic heterocycles. The third-order valence-corrected chi connectivity index (χ3v) is 5.39. The second kappa shape index (κ2) is 7.76. The molecule has 0 aromatic heterocycles. The molecule has 0 amide bonds. The van der Waals surface area contributed by atoms with E-state index in [1.807, 2.05) is 0 Å². The van der Waals surface area contributed by atoms with Gasteiger partial charge in [0.05, 0.1) is 17.2 Å². The van der Waals surface area contributed by atoms with Crippen LogP contribution in [-0.4, -0.2) is 27.5 Å². The Bertz CT molecular complexity index is 824. The van der Waals surface area contributed by atoms with Crippen LogP contribution in [0.25, 0.3) is 0 Å². The summed E-state index contributed by atoms with van der Waals surface area (Å²) in [5, 5.41) is 0. The van der Waals surface area contributed by atoms with Gasteiger partial charge in [-0.25, -0.2) is 12.8 Å². The lowest BCUT2D eigenvalue weighted by Gasteiger charge is -2.23. The fourth-order valence-corrected chi connectivity index (χ4v) is 3.67. The van der Waals surface area contributed by atoms with E-state index in [1.165, 1.54) is 30.3 Å². The molecular weight excluding hydrogens is 401 g/mol. The number of hydrogen-bond donors (Lipinski definition) is 0. The molecule has 2 aromatic carbocycles. The molecule has 0 saturated carbocycles. The van der Waals surface area contributed by atoms with Crippen molar-refractivity contribution in [3.05, 3.63) is 58.8 Å². The fraction of sp³-hybridized carbons (Fsp3) is 0.188. The molecule has 5 nitrogen and oxygen atoms in total. The van der Waals surface area contributed by atoms with E-state index < -0.39 is 28.4 Å². The maximum atomic E-state index is 13.5. The Balaban J connectivity index is 2.48. The van der Waals surface area contributed by atoms with Gasteiger partial charge >= 0.3 is 5.97 Å². The molecule has 0 radical (unpaired) electrons. The van der Waals surface area contributed by atoms with Crippen LogP contribution in [0.4, 0.5) is 10.1 Å². The number of ether oxygens (including phenoxy) is 1. The summed E-state index contributed by atoms with van der Waals surface area (Å²) in [6.45, 7) is 1.19. The van der Waals surface area contributed by atoms with E-state index >= 15 is 0 Å². The minimum atomic E-state index is -4.06. The number of rotatable bonds is 6. The van der Waals surface area contributed by atoms with E-state index in [2.05, 4.69) is 15.9 Å². The highest BCUT2D eigenvalue weighted by Crippen LogP contribution is 2.25. The Hall–Kier alpha value is -1.93. The van der Waals surface area contributed by atoms with E-state index in [1.54, 1.807) is 19.1 Å². The zero-order valence-corrected chi connectivity index (χ0v) is 15.2. The third-order valence-electron chi connectivity index (χ3n) is 3.08. The lowest BCUT2D eigenvalue weighted by molar-refractivity contribution is -0.141. The average Bonchev–Trinajstić information content (AvgIpc) is 2.53. The Kier molecular flexibility index (Phi) is 5.95. The fourth-order valence-electron chi connectivity index (χ4n) is 2.00.